The lowest BCUT2D eigenvalue weighted by Crippen LogP contribution is -2.39. The van der Waals surface area contributed by atoms with Gasteiger partial charge >= 0.3 is 0 Å². The summed E-state index contributed by atoms with van der Waals surface area (Å²) >= 11 is 0. The van der Waals surface area contributed by atoms with Crippen molar-refractivity contribution in [3.63, 3.8) is 0 Å². The molecule has 0 radical (unpaired) electrons. The van der Waals surface area contributed by atoms with Crippen LogP contribution in [0.4, 0.5) is 0 Å². The fourth-order valence-electron chi connectivity index (χ4n) is 2.77. The van der Waals surface area contributed by atoms with E-state index < -0.39 is 0 Å². The molecule has 2 rings (SSSR count). The minimum absolute atomic E-state index is 0.0667. The molecule has 1 aromatic carbocycles. The second-order valence-electron chi connectivity index (χ2n) is 5.66. The van der Waals surface area contributed by atoms with E-state index in [9.17, 15) is 4.79 Å². The molecular formula is C15H22N2O. The Bertz CT molecular complexity index is 440. The van der Waals surface area contributed by atoms with E-state index in [4.69, 9.17) is 0 Å². The zero-order valence-corrected chi connectivity index (χ0v) is 11.4. The predicted octanol–water partition coefficient (Wildman–Crippen LogP) is 2.13. The first-order chi connectivity index (χ1) is 8.54. The maximum atomic E-state index is 11.7. The second kappa shape index (κ2) is 5.11. The van der Waals surface area contributed by atoms with Gasteiger partial charge in [0.15, 0.2) is 0 Å². The van der Waals surface area contributed by atoms with Crippen molar-refractivity contribution in [2.24, 2.45) is 0 Å². The van der Waals surface area contributed by atoms with E-state index in [0.29, 0.717) is 6.54 Å². The third-order valence-corrected chi connectivity index (χ3v) is 3.80. The minimum atomic E-state index is 0.0667. The van der Waals surface area contributed by atoms with Crippen LogP contribution in [0.1, 0.15) is 43.9 Å². The van der Waals surface area contributed by atoms with Crippen molar-refractivity contribution in [1.82, 2.24) is 10.6 Å². The van der Waals surface area contributed by atoms with Gasteiger partial charge in [-0.1, -0.05) is 38.1 Å². The molecule has 1 aromatic rings. The number of likely N-dealkylation sites (N-methyl/N-ethyl adjacent to an activating group) is 1. The number of hydrogen-bond donors (Lipinski definition) is 2. The van der Waals surface area contributed by atoms with Crippen LogP contribution < -0.4 is 10.6 Å². The highest BCUT2D eigenvalue weighted by atomic mass is 16.1. The number of rotatable bonds is 3. The van der Waals surface area contributed by atoms with Gasteiger partial charge in [0, 0.05) is 0 Å². The Hall–Kier alpha value is -1.35. The van der Waals surface area contributed by atoms with Gasteiger partial charge in [0.25, 0.3) is 0 Å². The molecule has 0 fully saturated rings. The van der Waals surface area contributed by atoms with Crippen LogP contribution in [-0.2, 0) is 10.2 Å². The molecule has 1 aliphatic carbocycles. The third-order valence-electron chi connectivity index (χ3n) is 3.80. The van der Waals surface area contributed by atoms with Crippen LogP contribution in [0.2, 0.25) is 0 Å². The van der Waals surface area contributed by atoms with Crippen molar-refractivity contribution < 1.29 is 4.79 Å². The normalized spacial score (nSPS) is 21.2. The first-order valence-electron chi connectivity index (χ1n) is 6.58. The van der Waals surface area contributed by atoms with Gasteiger partial charge in [0.05, 0.1) is 12.6 Å². The van der Waals surface area contributed by atoms with Crippen LogP contribution in [-0.4, -0.2) is 19.5 Å². The van der Waals surface area contributed by atoms with Crippen molar-refractivity contribution >= 4 is 5.91 Å². The molecule has 1 amide bonds. The molecule has 18 heavy (non-hydrogen) atoms. The van der Waals surface area contributed by atoms with E-state index in [2.05, 4.69) is 48.7 Å². The Balaban J connectivity index is 2.23. The van der Waals surface area contributed by atoms with Crippen molar-refractivity contribution in [3.05, 3.63) is 35.4 Å². The molecule has 0 bridgehead atoms. The van der Waals surface area contributed by atoms with Gasteiger partial charge in [-0.25, -0.2) is 0 Å². The lowest BCUT2D eigenvalue weighted by Gasteiger charge is -2.37. The molecule has 0 aromatic heterocycles. The number of benzene rings is 1. The van der Waals surface area contributed by atoms with Crippen LogP contribution in [0.3, 0.4) is 0 Å². The van der Waals surface area contributed by atoms with Gasteiger partial charge < -0.3 is 10.6 Å². The predicted molar refractivity (Wildman–Crippen MR) is 73.5 cm³/mol. The van der Waals surface area contributed by atoms with E-state index in [0.717, 1.165) is 12.8 Å². The summed E-state index contributed by atoms with van der Waals surface area (Å²) < 4.78 is 0. The Morgan fingerprint density at radius 3 is 2.83 bits per heavy atom. The molecule has 3 heteroatoms. The Labute approximate surface area is 109 Å². The summed E-state index contributed by atoms with van der Waals surface area (Å²) in [7, 11) is 1.79. The fraction of sp³-hybridized carbons (Fsp3) is 0.533. The number of carbonyl (C=O) groups is 1. The lowest BCUT2D eigenvalue weighted by molar-refractivity contribution is -0.121. The zero-order chi connectivity index (χ0) is 13.2. The lowest BCUT2D eigenvalue weighted by atomic mass is 9.71. The Morgan fingerprint density at radius 2 is 2.11 bits per heavy atom. The zero-order valence-electron chi connectivity index (χ0n) is 11.4. The van der Waals surface area contributed by atoms with Crippen molar-refractivity contribution in [2.45, 2.75) is 38.1 Å². The van der Waals surface area contributed by atoms with Gasteiger partial charge in [0.2, 0.25) is 5.91 Å². The van der Waals surface area contributed by atoms with Crippen LogP contribution in [0.15, 0.2) is 24.3 Å². The summed E-state index contributed by atoms with van der Waals surface area (Å²) in [6, 6.07) is 8.62. The van der Waals surface area contributed by atoms with Crippen molar-refractivity contribution in [2.75, 3.05) is 13.6 Å². The standard InChI is InChI=1S/C15H22N2O/c1-15(2)9-8-13(17-14(18)10-16-3)11-6-4-5-7-12(11)15/h4-7,13,16H,8-10H2,1-3H3,(H,17,18). The molecule has 0 heterocycles. The topological polar surface area (TPSA) is 41.1 Å². The van der Waals surface area contributed by atoms with Crippen LogP contribution >= 0.6 is 0 Å². The van der Waals surface area contributed by atoms with Gasteiger partial charge in [-0.05, 0) is 36.4 Å². The molecular weight excluding hydrogens is 224 g/mol. The van der Waals surface area contributed by atoms with Gasteiger partial charge in [-0.2, -0.15) is 0 Å². The summed E-state index contributed by atoms with van der Waals surface area (Å²) in [5.41, 5.74) is 2.85. The quantitative estimate of drug-likeness (QED) is 0.858. The van der Waals surface area contributed by atoms with E-state index >= 15 is 0 Å². The van der Waals surface area contributed by atoms with E-state index in [1.807, 2.05) is 0 Å². The molecule has 0 saturated carbocycles. The van der Waals surface area contributed by atoms with Gasteiger partial charge in [-0.15, -0.1) is 0 Å². The monoisotopic (exact) mass is 246 g/mol. The molecule has 3 nitrogen and oxygen atoms in total. The highest BCUT2D eigenvalue weighted by Gasteiger charge is 2.32. The molecule has 1 atom stereocenters. The first-order valence-corrected chi connectivity index (χ1v) is 6.58. The third kappa shape index (κ3) is 2.56. The average molecular weight is 246 g/mol. The largest absolute Gasteiger partial charge is 0.348 e. The summed E-state index contributed by atoms with van der Waals surface area (Å²) in [5.74, 6) is 0.0667. The maximum Gasteiger partial charge on any atom is 0.234 e. The summed E-state index contributed by atoms with van der Waals surface area (Å²) in [4.78, 5) is 11.7. The average Bonchev–Trinajstić information content (AvgIpc) is 2.34. The summed E-state index contributed by atoms with van der Waals surface area (Å²) in [6.45, 7) is 4.93. The SMILES string of the molecule is CNCC(=O)NC1CCC(C)(C)c2ccccc21. The van der Waals surface area contributed by atoms with Gasteiger partial charge in [0.1, 0.15) is 0 Å². The molecule has 1 unspecified atom stereocenters. The van der Waals surface area contributed by atoms with E-state index in [-0.39, 0.29) is 17.4 Å². The van der Waals surface area contributed by atoms with Gasteiger partial charge in [-0.3, -0.25) is 4.79 Å². The second-order valence-corrected chi connectivity index (χ2v) is 5.66. The van der Waals surface area contributed by atoms with Crippen molar-refractivity contribution in [3.8, 4) is 0 Å². The summed E-state index contributed by atoms with van der Waals surface area (Å²) in [5, 5.41) is 6.00. The maximum absolute atomic E-state index is 11.7. The number of fused-ring (bicyclic) bond motifs is 1. The first kappa shape index (κ1) is 13.1. The van der Waals surface area contributed by atoms with Crippen LogP contribution in [0, 0.1) is 0 Å². The molecule has 1 aliphatic rings. The number of hydrogen-bond acceptors (Lipinski definition) is 2. The Kier molecular flexibility index (Phi) is 3.71. The molecule has 0 spiro atoms. The minimum Gasteiger partial charge on any atom is -0.348 e. The molecule has 0 aliphatic heterocycles. The molecule has 98 valence electrons. The van der Waals surface area contributed by atoms with E-state index in [1.165, 1.54) is 11.1 Å². The smallest absolute Gasteiger partial charge is 0.234 e. The Morgan fingerprint density at radius 1 is 1.39 bits per heavy atom. The van der Waals surface area contributed by atoms with Crippen molar-refractivity contribution in [1.29, 1.82) is 0 Å². The van der Waals surface area contributed by atoms with Crippen LogP contribution in [0.5, 0.6) is 0 Å². The highest BCUT2D eigenvalue weighted by molar-refractivity contribution is 5.78. The number of carbonyl (C=O) groups excluding carboxylic acids is 1. The van der Waals surface area contributed by atoms with E-state index in [1.54, 1.807) is 7.05 Å². The molecule has 2 N–H and O–H groups in total. The number of nitrogens with one attached hydrogen (secondary N) is 2. The highest BCUT2D eigenvalue weighted by Crippen LogP contribution is 2.41. The fourth-order valence-corrected chi connectivity index (χ4v) is 2.77. The van der Waals surface area contributed by atoms with Crippen LogP contribution in [0.25, 0.3) is 0 Å². The summed E-state index contributed by atoms with van der Waals surface area (Å²) in [6.07, 6.45) is 2.12. The number of amides is 1. The molecule has 0 saturated heterocycles.